The highest BCUT2D eigenvalue weighted by Crippen LogP contribution is 2.44. The van der Waals surface area contributed by atoms with Gasteiger partial charge in [-0.25, -0.2) is 0 Å². The Bertz CT molecular complexity index is 397. The number of ether oxygens (including phenoxy) is 7. The molecule has 6 atom stereocenters. The standard InChI is InChI=1S/C15H24O8/c16-11-3-17-1-10(2-18-5-12-6-20-12)14-15(23-14,9-19-4-11)22-8-13-7-21-13/h10-14,16H,1-9H2. The van der Waals surface area contributed by atoms with Crippen molar-refractivity contribution in [3.05, 3.63) is 0 Å². The van der Waals surface area contributed by atoms with Gasteiger partial charge in [0, 0.05) is 5.92 Å². The van der Waals surface area contributed by atoms with E-state index in [4.69, 9.17) is 33.2 Å². The van der Waals surface area contributed by atoms with Crippen molar-refractivity contribution in [1.29, 1.82) is 0 Å². The lowest BCUT2D eigenvalue weighted by atomic mass is 10.0. The molecule has 4 fully saturated rings. The number of hydrogen-bond donors (Lipinski definition) is 1. The van der Waals surface area contributed by atoms with Gasteiger partial charge in [0.15, 0.2) is 0 Å². The first kappa shape index (κ1) is 16.2. The molecule has 0 spiro atoms. The third-order valence-electron chi connectivity index (χ3n) is 4.34. The van der Waals surface area contributed by atoms with E-state index < -0.39 is 11.9 Å². The minimum absolute atomic E-state index is 0.0303. The zero-order valence-corrected chi connectivity index (χ0v) is 13.1. The van der Waals surface area contributed by atoms with Gasteiger partial charge in [0.2, 0.25) is 5.79 Å². The van der Waals surface area contributed by atoms with Crippen LogP contribution in [0.2, 0.25) is 0 Å². The molecule has 4 aliphatic rings. The molecule has 0 aromatic carbocycles. The number of epoxide rings is 3. The fraction of sp³-hybridized carbons (Fsp3) is 1.00. The van der Waals surface area contributed by atoms with E-state index in [1.165, 1.54) is 0 Å². The molecule has 0 aliphatic carbocycles. The number of rotatable bonds is 7. The third-order valence-corrected chi connectivity index (χ3v) is 4.34. The molecule has 6 unspecified atom stereocenters. The molecular weight excluding hydrogens is 308 g/mol. The number of aliphatic hydroxyl groups is 1. The van der Waals surface area contributed by atoms with Gasteiger partial charge in [0.05, 0.1) is 52.9 Å². The van der Waals surface area contributed by atoms with Crippen molar-refractivity contribution in [3.63, 3.8) is 0 Å². The second kappa shape index (κ2) is 6.89. The Morgan fingerprint density at radius 2 is 1.65 bits per heavy atom. The molecule has 4 rings (SSSR count). The lowest BCUT2D eigenvalue weighted by Crippen LogP contribution is -2.37. The van der Waals surface area contributed by atoms with E-state index >= 15 is 0 Å². The summed E-state index contributed by atoms with van der Waals surface area (Å²) in [6, 6.07) is 0. The third kappa shape index (κ3) is 4.40. The molecule has 23 heavy (non-hydrogen) atoms. The molecule has 8 heteroatoms. The minimum Gasteiger partial charge on any atom is -0.388 e. The lowest BCUT2D eigenvalue weighted by molar-refractivity contribution is -0.117. The SMILES string of the molecule is OC1COCC(COCC2CO2)C2OC2(OCC2CO2)COC1. The van der Waals surface area contributed by atoms with Crippen LogP contribution >= 0.6 is 0 Å². The van der Waals surface area contributed by atoms with Crippen molar-refractivity contribution >= 4 is 0 Å². The van der Waals surface area contributed by atoms with Gasteiger partial charge >= 0.3 is 0 Å². The maximum absolute atomic E-state index is 9.79. The maximum atomic E-state index is 9.79. The topological polar surface area (TPSA) is 94.7 Å². The van der Waals surface area contributed by atoms with Crippen LogP contribution in [0.5, 0.6) is 0 Å². The molecule has 0 saturated carbocycles. The van der Waals surface area contributed by atoms with Gasteiger partial charge in [-0.1, -0.05) is 0 Å². The van der Waals surface area contributed by atoms with Crippen molar-refractivity contribution in [3.8, 4) is 0 Å². The van der Waals surface area contributed by atoms with Gasteiger partial charge in [0.25, 0.3) is 0 Å². The summed E-state index contributed by atoms with van der Waals surface area (Å²) in [6.45, 7) is 4.31. The van der Waals surface area contributed by atoms with Crippen molar-refractivity contribution < 1.29 is 38.3 Å². The molecule has 0 bridgehead atoms. The zero-order valence-electron chi connectivity index (χ0n) is 13.1. The molecule has 0 aromatic heterocycles. The normalized spacial score (nSPS) is 46.0. The van der Waals surface area contributed by atoms with Crippen molar-refractivity contribution in [2.45, 2.75) is 30.2 Å². The van der Waals surface area contributed by atoms with Crippen molar-refractivity contribution in [1.82, 2.24) is 0 Å². The highest BCUT2D eigenvalue weighted by atomic mass is 16.8. The van der Waals surface area contributed by atoms with Gasteiger partial charge in [-0.15, -0.1) is 0 Å². The van der Waals surface area contributed by atoms with Crippen LogP contribution in [0, 0.1) is 5.92 Å². The predicted octanol–water partition coefficient (Wildman–Crippen LogP) is -1.06. The molecule has 4 saturated heterocycles. The van der Waals surface area contributed by atoms with Crippen LogP contribution in [0.4, 0.5) is 0 Å². The van der Waals surface area contributed by atoms with E-state index in [0.29, 0.717) is 33.0 Å². The van der Waals surface area contributed by atoms with E-state index in [0.717, 1.165) is 13.2 Å². The second-order valence-electron chi connectivity index (χ2n) is 6.58. The van der Waals surface area contributed by atoms with E-state index in [9.17, 15) is 5.11 Å². The average Bonchev–Trinajstić information content (AvgIpc) is 3.40. The summed E-state index contributed by atoms with van der Waals surface area (Å²) >= 11 is 0. The maximum Gasteiger partial charge on any atom is 0.220 e. The number of hydrogen-bond acceptors (Lipinski definition) is 8. The first-order valence-electron chi connectivity index (χ1n) is 8.21. The monoisotopic (exact) mass is 332 g/mol. The summed E-state index contributed by atoms with van der Waals surface area (Å²) in [6.07, 6.45) is -0.380. The zero-order chi connectivity index (χ0) is 15.7. The average molecular weight is 332 g/mol. The largest absolute Gasteiger partial charge is 0.388 e. The molecule has 0 amide bonds. The first-order valence-corrected chi connectivity index (χ1v) is 8.21. The summed E-state index contributed by atoms with van der Waals surface area (Å²) in [7, 11) is 0. The van der Waals surface area contributed by atoms with Crippen LogP contribution in [-0.2, 0) is 33.2 Å². The second-order valence-corrected chi connectivity index (χ2v) is 6.58. The number of aliphatic hydroxyl groups excluding tert-OH is 1. The minimum atomic E-state index is -0.767. The fourth-order valence-electron chi connectivity index (χ4n) is 2.79. The van der Waals surface area contributed by atoms with Crippen LogP contribution < -0.4 is 0 Å². The molecule has 132 valence electrons. The Morgan fingerprint density at radius 1 is 0.913 bits per heavy atom. The Labute approximate surface area is 134 Å². The summed E-state index contributed by atoms with van der Waals surface area (Å²) in [5, 5.41) is 9.79. The Kier molecular flexibility index (Phi) is 4.84. The Morgan fingerprint density at radius 3 is 2.43 bits per heavy atom. The van der Waals surface area contributed by atoms with E-state index in [-0.39, 0.29) is 37.4 Å². The van der Waals surface area contributed by atoms with Gasteiger partial charge in [0.1, 0.15) is 31.0 Å². The summed E-state index contributed by atoms with van der Waals surface area (Å²) in [4.78, 5) is 0. The van der Waals surface area contributed by atoms with Crippen LogP contribution in [0.3, 0.4) is 0 Å². The summed E-state index contributed by atoms with van der Waals surface area (Å²) in [5.74, 6) is -0.737. The molecule has 0 aromatic rings. The molecule has 0 radical (unpaired) electrons. The first-order chi connectivity index (χ1) is 11.3. The summed E-state index contributed by atoms with van der Waals surface area (Å²) < 4.78 is 38.9. The summed E-state index contributed by atoms with van der Waals surface area (Å²) in [5.41, 5.74) is 0. The quantitative estimate of drug-likeness (QED) is 0.589. The Hall–Kier alpha value is -0.320. The van der Waals surface area contributed by atoms with Gasteiger partial charge < -0.3 is 38.3 Å². The highest BCUT2D eigenvalue weighted by molar-refractivity contribution is 5.00. The van der Waals surface area contributed by atoms with E-state index in [2.05, 4.69) is 0 Å². The van der Waals surface area contributed by atoms with Crippen LogP contribution in [0.25, 0.3) is 0 Å². The van der Waals surface area contributed by atoms with Crippen LogP contribution in [-0.4, -0.2) is 94.8 Å². The van der Waals surface area contributed by atoms with Gasteiger partial charge in [-0.05, 0) is 0 Å². The van der Waals surface area contributed by atoms with E-state index in [1.54, 1.807) is 0 Å². The smallest absolute Gasteiger partial charge is 0.220 e. The van der Waals surface area contributed by atoms with Gasteiger partial charge in [-0.3, -0.25) is 0 Å². The molecule has 4 heterocycles. The van der Waals surface area contributed by atoms with Crippen LogP contribution in [0.1, 0.15) is 0 Å². The predicted molar refractivity (Wildman–Crippen MR) is 75.0 cm³/mol. The van der Waals surface area contributed by atoms with Gasteiger partial charge in [-0.2, -0.15) is 0 Å². The lowest BCUT2D eigenvalue weighted by Gasteiger charge is -2.22. The number of fused-ring (bicyclic) bond motifs is 1. The van der Waals surface area contributed by atoms with E-state index in [1.807, 2.05) is 0 Å². The Balaban J connectivity index is 1.34. The van der Waals surface area contributed by atoms with Crippen molar-refractivity contribution in [2.24, 2.45) is 5.92 Å². The molecule has 1 N–H and O–H groups in total. The molecular formula is C15H24O8. The molecule has 4 aliphatic heterocycles. The fourth-order valence-corrected chi connectivity index (χ4v) is 2.79. The van der Waals surface area contributed by atoms with Crippen LogP contribution in [0.15, 0.2) is 0 Å². The van der Waals surface area contributed by atoms with Crippen molar-refractivity contribution in [2.75, 3.05) is 59.5 Å². The highest BCUT2D eigenvalue weighted by Gasteiger charge is 2.62. The molecule has 8 nitrogen and oxygen atoms in total.